The highest BCUT2D eigenvalue weighted by Gasteiger charge is 2.48. The molecule has 0 radical (unpaired) electrons. The molecule has 1 nitrogen and oxygen atoms in total. The number of fused-ring (bicyclic) bond motifs is 1. The lowest BCUT2D eigenvalue weighted by atomic mass is 9.72. The Labute approximate surface area is 130 Å². The van der Waals surface area contributed by atoms with Crippen molar-refractivity contribution in [3.63, 3.8) is 0 Å². The van der Waals surface area contributed by atoms with Gasteiger partial charge in [0.2, 0.25) is 0 Å². The van der Waals surface area contributed by atoms with Gasteiger partial charge in [-0.2, -0.15) is 0 Å². The quantitative estimate of drug-likeness (QED) is 0.627. The molecule has 0 amide bonds. The first kappa shape index (κ1) is 16.3. The lowest BCUT2D eigenvalue weighted by Gasteiger charge is -2.32. The Kier molecular flexibility index (Phi) is 4.91. The van der Waals surface area contributed by atoms with Gasteiger partial charge in [0.1, 0.15) is 5.78 Å². The molecular weight excluding hydrogens is 256 g/mol. The maximum Gasteiger partial charge on any atom is 0.136 e. The van der Waals surface area contributed by atoms with Gasteiger partial charge in [0.05, 0.1) is 0 Å². The topological polar surface area (TPSA) is 17.1 Å². The van der Waals surface area contributed by atoms with Crippen molar-refractivity contribution in [2.45, 2.75) is 59.8 Å². The van der Waals surface area contributed by atoms with E-state index in [1.807, 2.05) is 6.92 Å². The highest BCUT2D eigenvalue weighted by atomic mass is 16.1. The van der Waals surface area contributed by atoms with Gasteiger partial charge in [-0.1, -0.05) is 49.8 Å². The average molecular weight is 286 g/mol. The van der Waals surface area contributed by atoms with Gasteiger partial charge in [-0.25, -0.2) is 0 Å². The van der Waals surface area contributed by atoms with Gasteiger partial charge in [0, 0.05) is 12.3 Å². The van der Waals surface area contributed by atoms with E-state index in [9.17, 15) is 4.79 Å². The van der Waals surface area contributed by atoms with E-state index in [0.717, 1.165) is 18.4 Å². The molecule has 0 aromatic rings. The molecule has 0 unspecified atom stereocenters. The van der Waals surface area contributed by atoms with Crippen molar-refractivity contribution < 1.29 is 4.79 Å². The summed E-state index contributed by atoms with van der Waals surface area (Å²) in [4.78, 5) is 12.2. The van der Waals surface area contributed by atoms with Crippen LogP contribution in [0.3, 0.4) is 0 Å². The third kappa shape index (κ3) is 3.56. The first-order valence-electron chi connectivity index (χ1n) is 8.36. The second-order valence-corrected chi connectivity index (χ2v) is 7.64. The van der Waals surface area contributed by atoms with Crippen LogP contribution < -0.4 is 0 Å². The molecule has 0 aliphatic heterocycles. The number of allylic oxidation sites excluding steroid dienone is 5. The summed E-state index contributed by atoms with van der Waals surface area (Å²) >= 11 is 0. The zero-order valence-corrected chi connectivity index (χ0v) is 14.1. The summed E-state index contributed by atoms with van der Waals surface area (Å²) in [6.07, 6.45) is 12.0. The van der Waals surface area contributed by atoms with Crippen molar-refractivity contribution in [3.8, 4) is 0 Å². The first-order chi connectivity index (χ1) is 9.83. The third-order valence-corrected chi connectivity index (χ3v) is 5.77. The minimum atomic E-state index is 0.236. The molecule has 0 N–H and O–H groups in total. The fourth-order valence-corrected chi connectivity index (χ4v) is 4.32. The summed E-state index contributed by atoms with van der Waals surface area (Å²) in [5.41, 5.74) is 2.80. The van der Waals surface area contributed by atoms with Crippen LogP contribution in [-0.4, -0.2) is 5.78 Å². The highest BCUT2D eigenvalue weighted by Crippen LogP contribution is 2.55. The van der Waals surface area contributed by atoms with Crippen LogP contribution in [0.4, 0.5) is 0 Å². The molecule has 1 heteroatoms. The Morgan fingerprint density at radius 3 is 2.67 bits per heavy atom. The van der Waals surface area contributed by atoms with Gasteiger partial charge >= 0.3 is 0 Å². The van der Waals surface area contributed by atoms with E-state index in [1.165, 1.54) is 24.8 Å². The van der Waals surface area contributed by atoms with Gasteiger partial charge in [-0.15, -0.1) is 0 Å². The maximum absolute atomic E-state index is 12.2. The largest absolute Gasteiger partial charge is 0.299 e. The molecule has 116 valence electrons. The molecule has 21 heavy (non-hydrogen) atoms. The van der Waals surface area contributed by atoms with Crippen LogP contribution in [0.1, 0.15) is 59.8 Å². The zero-order chi connectivity index (χ0) is 15.6. The van der Waals surface area contributed by atoms with Gasteiger partial charge < -0.3 is 0 Å². The number of carbonyl (C=O) groups excluding carboxylic acids is 1. The van der Waals surface area contributed by atoms with Crippen LogP contribution in [0, 0.1) is 23.2 Å². The summed E-state index contributed by atoms with van der Waals surface area (Å²) in [6.45, 7) is 12.6. The predicted molar refractivity (Wildman–Crippen MR) is 90.1 cm³/mol. The second kappa shape index (κ2) is 6.34. The second-order valence-electron chi connectivity index (χ2n) is 7.64. The lowest BCUT2D eigenvalue weighted by molar-refractivity contribution is -0.124. The molecule has 2 rings (SSSR count). The predicted octanol–water partition coefficient (Wildman–Crippen LogP) is 5.49. The molecule has 0 heterocycles. The molecule has 2 fully saturated rings. The number of ketones is 1. The molecule has 2 aliphatic rings. The summed E-state index contributed by atoms with van der Waals surface area (Å²) in [6, 6.07) is 0. The van der Waals surface area contributed by atoms with E-state index in [4.69, 9.17) is 0 Å². The number of rotatable bonds is 3. The van der Waals surface area contributed by atoms with E-state index in [1.54, 1.807) is 0 Å². The smallest absolute Gasteiger partial charge is 0.136 e. The third-order valence-electron chi connectivity index (χ3n) is 5.77. The monoisotopic (exact) mass is 286 g/mol. The molecule has 2 aliphatic carbocycles. The average Bonchev–Trinajstić information content (AvgIpc) is 2.66. The summed E-state index contributed by atoms with van der Waals surface area (Å²) in [5, 5.41) is 0. The van der Waals surface area contributed by atoms with Crippen LogP contribution in [0.25, 0.3) is 0 Å². The Hall–Kier alpha value is -1.11. The lowest BCUT2D eigenvalue weighted by Crippen LogP contribution is -2.26. The molecule has 0 spiro atoms. The van der Waals surface area contributed by atoms with Crippen LogP contribution in [0.15, 0.2) is 36.0 Å². The van der Waals surface area contributed by atoms with Crippen molar-refractivity contribution >= 4 is 5.78 Å². The fraction of sp³-hybridized carbons (Fsp3) is 0.650. The summed E-state index contributed by atoms with van der Waals surface area (Å²) in [5.74, 6) is 2.09. The van der Waals surface area contributed by atoms with Gasteiger partial charge in [0.15, 0.2) is 0 Å². The van der Waals surface area contributed by atoms with Crippen LogP contribution in [0.2, 0.25) is 0 Å². The van der Waals surface area contributed by atoms with Crippen molar-refractivity contribution in [2.24, 2.45) is 23.2 Å². The minimum Gasteiger partial charge on any atom is -0.299 e. The Morgan fingerprint density at radius 2 is 2.00 bits per heavy atom. The van der Waals surface area contributed by atoms with Crippen molar-refractivity contribution in [2.75, 3.05) is 0 Å². The van der Waals surface area contributed by atoms with Gasteiger partial charge in [-0.05, 0) is 56.8 Å². The van der Waals surface area contributed by atoms with Gasteiger partial charge in [0.25, 0.3) is 0 Å². The minimum absolute atomic E-state index is 0.236. The van der Waals surface area contributed by atoms with Crippen LogP contribution in [0.5, 0.6) is 0 Å². The molecule has 4 atom stereocenters. The van der Waals surface area contributed by atoms with Crippen molar-refractivity contribution in [1.82, 2.24) is 0 Å². The maximum atomic E-state index is 12.2. The van der Waals surface area contributed by atoms with E-state index >= 15 is 0 Å². The van der Waals surface area contributed by atoms with E-state index in [-0.39, 0.29) is 11.3 Å². The SMILES string of the molecule is C=C(C)/C=C/C=C(\C)[C@H]1CC[C@@]2(C)CC(=O)[C@@H](C)CC[C@H]12. The van der Waals surface area contributed by atoms with Crippen molar-refractivity contribution in [3.05, 3.63) is 36.0 Å². The van der Waals surface area contributed by atoms with Crippen LogP contribution in [-0.2, 0) is 4.79 Å². The number of carbonyl (C=O) groups is 1. The molecule has 0 aromatic heterocycles. The number of hydrogen-bond donors (Lipinski definition) is 0. The van der Waals surface area contributed by atoms with Crippen molar-refractivity contribution in [1.29, 1.82) is 0 Å². The molecular formula is C20H30O. The standard InChI is InChI=1S/C20H30O/c1-14(2)7-6-8-15(3)17-11-12-20(5)13-19(21)16(4)9-10-18(17)20/h6-8,16-18H,1,9-13H2,2-5H3/b7-6+,15-8+/t16-,17+,18+,20-/m0/s1. The zero-order valence-electron chi connectivity index (χ0n) is 14.1. The Morgan fingerprint density at radius 1 is 1.29 bits per heavy atom. The van der Waals surface area contributed by atoms with E-state index in [0.29, 0.717) is 17.6 Å². The molecule has 0 saturated heterocycles. The highest BCUT2D eigenvalue weighted by molar-refractivity contribution is 5.81. The normalized spacial score (nSPS) is 37.6. The molecule has 2 saturated carbocycles. The fourth-order valence-electron chi connectivity index (χ4n) is 4.32. The number of hydrogen-bond acceptors (Lipinski definition) is 1. The Balaban J connectivity index is 2.17. The van der Waals surface area contributed by atoms with Gasteiger partial charge in [-0.3, -0.25) is 4.79 Å². The summed E-state index contributed by atoms with van der Waals surface area (Å²) in [7, 11) is 0. The Bertz CT molecular complexity index is 482. The summed E-state index contributed by atoms with van der Waals surface area (Å²) < 4.78 is 0. The van der Waals surface area contributed by atoms with Crippen LogP contribution >= 0.6 is 0 Å². The van der Waals surface area contributed by atoms with E-state index in [2.05, 4.69) is 45.6 Å². The van der Waals surface area contributed by atoms with E-state index < -0.39 is 0 Å². The first-order valence-corrected chi connectivity index (χ1v) is 8.36. The molecule has 0 aromatic carbocycles. The molecule has 0 bridgehead atoms. The number of Topliss-reactive ketones (excluding diaryl/α,β-unsaturated/α-hetero) is 1.